The van der Waals surface area contributed by atoms with Gasteiger partial charge in [0.15, 0.2) is 5.78 Å². The third-order valence-electron chi connectivity index (χ3n) is 2.83. The first-order valence-corrected chi connectivity index (χ1v) is 5.26. The summed E-state index contributed by atoms with van der Waals surface area (Å²) in [7, 11) is 0. The largest absolute Gasteiger partial charge is 0.294 e. The second kappa shape index (κ2) is 3.91. The molecule has 2 heteroatoms. The van der Waals surface area contributed by atoms with Gasteiger partial charge in [-0.05, 0) is 44.2 Å². The lowest BCUT2D eigenvalue weighted by Crippen LogP contribution is -2.00. The number of carbonyl (C=O) groups is 1. The molecule has 0 fully saturated rings. The fourth-order valence-electron chi connectivity index (χ4n) is 1.96. The molecule has 0 bridgehead atoms. The lowest BCUT2D eigenvalue weighted by atomic mass is 10.1. The van der Waals surface area contributed by atoms with Crippen LogP contribution in [0.15, 0.2) is 12.3 Å². The predicted octanol–water partition coefficient (Wildman–Crippen LogP) is 2.55. The van der Waals surface area contributed by atoms with Crippen molar-refractivity contribution in [1.29, 1.82) is 0 Å². The predicted molar refractivity (Wildman–Crippen MR) is 55.5 cm³/mol. The minimum atomic E-state index is 0.115. The quantitative estimate of drug-likeness (QED) is 0.502. The van der Waals surface area contributed by atoms with Crippen molar-refractivity contribution in [2.24, 2.45) is 0 Å². The van der Waals surface area contributed by atoms with Gasteiger partial charge in [0, 0.05) is 17.5 Å². The summed E-state index contributed by atoms with van der Waals surface area (Å²) in [5.41, 5.74) is 3.24. The zero-order chi connectivity index (χ0) is 9.97. The van der Waals surface area contributed by atoms with Crippen molar-refractivity contribution < 1.29 is 4.79 Å². The van der Waals surface area contributed by atoms with Crippen LogP contribution in [0.3, 0.4) is 0 Å². The van der Waals surface area contributed by atoms with E-state index in [4.69, 9.17) is 0 Å². The summed E-state index contributed by atoms with van der Waals surface area (Å²) >= 11 is 0. The molecule has 1 aliphatic carbocycles. The molecule has 0 spiro atoms. The van der Waals surface area contributed by atoms with Crippen LogP contribution in [-0.4, -0.2) is 10.8 Å². The van der Waals surface area contributed by atoms with Gasteiger partial charge in [-0.1, -0.05) is 6.42 Å². The second-order valence-electron chi connectivity index (χ2n) is 3.95. The first-order valence-electron chi connectivity index (χ1n) is 5.26. The Labute approximate surface area is 84.4 Å². The molecule has 0 aromatic carbocycles. The van der Waals surface area contributed by atoms with Crippen molar-refractivity contribution in [1.82, 2.24) is 4.98 Å². The third-order valence-corrected chi connectivity index (χ3v) is 2.83. The Bertz CT molecular complexity index is 357. The van der Waals surface area contributed by atoms with E-state index in [1.807, 2.05) is 6.07 Å². The number of ketones is 1. The Morgan fingerprint density at radius 2 is 2.07 bits per heavy atom. The van der Waals surface area contributed by atoms with Gasteiger partial charge < -0.3 is 0 Å². The minimum absolute atomic E-state index is 0.115. The molecule has 1 aromatic heterocycles. The fraction of sp³-hybridized carbons (Fsp3) is 0.500. The summed E-state index contributed by atoms with van der Waals surface area (Å²) in [4.78, 5) is 15.6. The molecule has 2 nitrogen and oxygen atoms in total. The zero-order valence-electron chi connectivity index (χ0n) is 8.55. The number of Topliss-reactive ketones (excluding diaryl/α,β-unsaturated/α-hetero) is 1. The van der Waals surface area contributed by atoms with Gasteiger partial charge in [0.05, 0.1) is 0 Å². The molecule has 0 atom stereocenters. The highest BCUT2D eigenvalue weighted by Crippen LogP contribution is 2.19. The first-order chi connectivity index (χ1) is 6.77. The van der Waals surface area contributed by atoms with Crippen LogP contribution < -0.4 is 0 Å². The van der Waals surface area contributed by atoms with Gasteiger partial charge in [-0.3, -0.25) is 9.78 Å². The summed E-state index contributed by atoms with van der Waals surface area (Å²) in [5.74, 6) is 0.115. The van der Waals surface area contributed by atoms with Gasteiger partial charge in [0.2, 0.25) is 0 Å². The Hall–Kier alpha value is -1.18. The highest BCUT2D eigenvalue weighted by atomic mass is 16.1. The number of aryl methyl sites for hydroxylation is 2. The average Bonchev–Trinajstić information content (AvgIpc) is 2.41. The second-order valence-corrected chi connectivity index (χ2v) is 3.95. The molecule has 1 aliphatic rings. The number of aromatic nitrogens is 1. The van der Waals surface area contributed by atoms with E-state index in [1.165, 1.54) is 30.5 Å². The van der Waals surface area contributed by atoms with Crippen LogP contribution >= 0.6 is 0 Å². The highest BCUT2D eigenvalue weighted by Gasteiger charge is 2.10. The van der Waals surface area contributed by atoms with Crippen LogP contribution in [0.1, 0.15) is 47.8 Å². The number of fused-ring (bicyclic) bond motifs is 1. The van der Waals surface area contributed by atoms with Crippen molar-refractivity contribution in [3.05, 3.63) is 29.1 Å². The molecule has 14 heavy (non-hydrogen) atoms. The van der Waals surface area contributed by atoms with Gasteiger partial charge in [-0.15, -0.1) is 0 Å². The average molecular weight is 189 g/mol. The van der Waals surface area contributed by atoms with E-state index in [-0.39, 0.29) is 5.78 Å². The first kappa shape index (κ1) is 9.38. The van der Waals surface area contributed by atoms with E-state index >= 15 is 0 Å². The normalized spacial score (nSPS) is 15.8. The number of pyridine rings is 1. The summed E-state index contributed by atoms with van der Waals surface area (Å²) in [5, 5.41) is 0. The third kappa shape index (κ3) is 1.84. The summed E-state index contributed by atoms with van der Waals surface area (Å²) in [6.45, 7) is 1.60. The maximum Gasteiger partial charge on any atom is 0.161 e. The van der Waals surface area contributed by atoms with E-state index in [0.29, 0.717) is 0 Å². The Morgan fingerprint density at radius 3 is 2.86 bits per heavy atom. The van der Waals surface area contributed by atoms with Gasteiger partial charge in [-0.2, -0.15) is 0 Å². The monoisotopic (exact) mass is 189 g/mol. The molecule has 1 aromatic rings. The van der Waals surface area contributed by atoms with Crippen molar-refractivity contribution >= 4 is 5.78 Å². The molecular weight excluding hydrogens is 174 g/mol. The van der Waals surface area contributed by atoms with E-state index in [9.17, 15) is 4.79 Å². The molecule has 0 unspecified atom stereocenters. The standard InChI is InChI=1S/C12H15NO/c1-9(14)11-7-10-5-3-2-4-6-12(10)13-8-11/h7-8H,2-6H2,1H3. The van der Waals surface area contributed by atoms with Gasteiger partial charge in [0.25, 0.3) is 0 Å². The van der Waals surface area contributed by atoms with Gasteiger partial charge in [0.1, 0.15) is 0 Å². The molecule has 0 N–H and O–H groups in total. The Morgan fingerprint density at radius 1 is 1.29 bits per heavy atom. The van der Waals surface area contributed by atoms with E-state index in [1.54, 1.807) is 13.1 Å². The zero-order valence-corrected chi connectivity index (χ0v) is 8.55. The summed E-state index contributed by atoms with van der Waals surface area (Å²) in [6, 6.07) is 2.02. The molecule has 1 heterocycles. The maximum atomic E-state index is 11.2. The molecule has 0 amide bonds. The number of rotatable bonds is 1. The number of nitrogens with zero attached hydrogens (tertiary/aromatic N) is 1. The smallest absolute Gasteiger partial charge is 0.161 e. The molecule has 0 aliphatic heterocycles. The molecule has 0 radical (unpaired) electrons. The van der Waals surface area contributed by atoms with Crippen LogP contribution in [0.4, 0.5) is 0 Å². The summed E-state index contributed by atoms with van der Waals surface area (Å²) < 4.78 is 0. The Kier molecular flexibility index (Phi) is 2.62. The van der Waals surface area contributed by atoms with Crippen LogP contribution in [0.2, 0.25) is 0 Å². The summed E-state index contributed by atoms with van der Waals surface area (Å²) in [6.07, 6.45) is 7.63. The van der Waals surface area contributed by atoms with E-state index < -0.39 is 0 Å². The van der Waals surface area contributed by atoms with Crippen molar-refractivity contribution in [2.75, 3.05) is 0 Å². The van der Waals surface area contributed by atoms with E-state index in [0.717, 1.165) is 18.4 Å². The number of hydrogen-bond donors (Lipinski definition) is 0. The fourth-order valence-corrected chi connectivity index (χ4v) is 1.96. The Balaban J connectivity index is 2.37. The number of carbonyl (C=O) groups excluding carboxylic acids is 1. The van der Waals surface area contributed by atoms with E-state index in [2.05, 4.69) is 4.98 Å². The molecule has 0 saturated carbocycles. The minimum Gasteiger partial charge on any atom is -0.294 e. The van der Waals surface area contributed by atoms with Crippen molar-refractivity contribution in [3.8, 4) is 0 Å². The number of hydrogen-bond acceptors (Lipinski definition) is 2. The lowest BCUT2D eigenvalue weighted by Gasteiger charge is -2.05. The SMILES string of the molecule is CC(=O)c1cnc2c(c1)CCCCC2. The lowest BCUT2D eigenvalue weighted by molar-refractivity contribution is 0.101. The molecule has 0 saturated heterocycles. The van der Waals surface area contributed by atoms with Crippen LogP contribution in [0.5, 0.6) is 0 Å². The molecule has 74 valence electrons. The van der Waals surface area contributed by atoms with Gasteiger partial charge >= 0.3 is 0 Å². The van der Waals surface area contributed by atoms with Crippen LogP contribution in [0.25, 0.3) is 0 Å². The molecular formula is C12H15NO. The molecule has 2 rings (SSSR count). The van der Waals surface area contributed by atoms with Crippen molar-refractivity contribution in [2.45, 2.75) is 39.0 Å². The topological polar surface area (TPSA) is 30.0 Å². The maximum absolute atomic E-state index is 11.2. The van der Waals surface area contributed by atoms with Crippen LogP contribution in [-0.2, 0) is 12.8 Å². The van der Waals surface area contributed by atoms with Crippen LogP contribution in [0, 0.1) is 0 Å². The highest BCUT2D eigenvalue weighted by molar-refractivity contribution is 5.93. The van der Waals surface area contributed by atoms with Crippen molar-refractivity contribution in [3.63, 3.8) is 0 Å². The van der Waals surface area contributed by atoms with Gasteiger partial charge in [-0.25, -0.2) is 0 Å².